The summed E-state index contributed by atoms with van der Waals surface area (Å²) in [4.78, 5) is 0. The van der Waals surface area contributed by atoms with Gasteiger partial charge in [-0.2, -0.15) is 8.78 Å². The van der Waals surface area contributed by atoms with Crippen molar-refractivity contribution in [3.05, 3.63) is 47.1 Å². The number of allylic oxidation sites excluding steroid dienone is 5. The monoisotopic (exact) mass is 512 g/mol. The fraction of sp³-hybridized carbons (Fsp3) is 0.714. The van der Waals surface area contributed by atoms with Crippen molar-refractivity contribution in [2.24, 2.45) is 17.3 Å². The van der Waals surface area contributed by atoms with Crippen LogP contribution in [0.3, 0.4) is 0 Å². The summed E-state index contributed by atoms with van der Waals surface area (Å²) in [6.45, 7) is 12.1. The first-order valence-corrected chi connectivity index (χ1v) is 14.3. The molecule has 0 radical (unpaired) electrons. The maximum absolute atomic E-state index is 14.7. The molecule has 2 fully saturated rings. The first-order chi connectivity index (χ1) is 16.0. The topological polar surface area (TPSA) is 74.6 Å². The first-order valence-electron chi connectivity index (χ1n) is 12.8. The molecule has 0 aliphatic heterocycles. The number of sulfone groups is 1. The molecule has 0 saturated heterocycles. The van der Waals surface area contributed by atoms with Crippen LogP contribution in [0.1, 0.15) is 86.0 Å². The molecule has 0 bridgehead atoms. The molecule has 0 amide bonds. The van der Waals surface area contributed by atoms with Gasteiger partial charge in [-0.1, -0.05) is 49.8 Å². The summed E-state index contributed by atoms with van der Waals surface area (Å²) in [7, 11) is -4.58. The highest BCUT2D eigenvalue weighted by atomic mass is 32.2. The molecule has 3 aliphatic carbocycles. The third-order valence-corrected chi connectivity index (χ3v) is 11.1. The molecule has 2 N–H and O–H groups in total. The van der Waals surface area contributed by atoms with Crippen molar-refractivity contribution in [1.82, 2.24) is 0 Å². The van der Waals surface area contributed by atoms with Crippen molar-refractivity contribution in [2.45, 2.75) is 108 Å². The lowest BCUT2D eigenvalue weighted by atomic mass is 9.62. The van der Waals surface area contributed by atoms with E-state index in [1.54, 1.807) is 0 Å². The fourth-order valence-electron chi connectivity index (χ4n) is 6.20. The number of alkyl halides is 2. The van der Waals surface area contributed by atoms with E-state index in [0.717, 1.165) is 36.8 Å². The van der Waals surface area contributed by atoms with Gasteiger partial charge in [0.2, 0.25) is 9.84 Å². The van der Waals surface area contributed by atoms with E-state index < -0.39 is 38.5 Å². The Labute approximate surface area is 209 Å². The van der Waals surface area contributed by atoms with Crippen LogP contribution in [-0.2, 0) is 9.84 Å². The maximum Gasteiger partial charge on any atom is 0.346 e. The van der Waals surface area contributed by atoms with Crippen molar-refractivity contribution in [3.8, 4) is 0 Å². The fourth-order valence-corrected chi connectivity index (χ4v) is 7.49. The second kappa shape index (κ2) is 9.86. The van der Waals surface area contributed by atoms with Gasteiger partial charge in [0.25, 0.3) is 0 Å². The molecule has 4 nitrogen and oxygen atoms in total. The van der Waals surface area contributed by atoms with Gasteiger partial charge in [-0.05, 0) is 87.7 Å². The minimum Gasteiger partial charge on any atom is -0.393 e. The van der Waals surface area contributed by atoms with Crippen LogP contribution in [-0.4, -0.2) is 40.8 Å². The highest BCUT2D eigenvalue weighted by Crippen LogP contribution is 2.57. The molecule has 3 rings (SSSR count). The summed E-state index contributed by atoms with van der Waals surface area (Å²) in [5, 5.41) is 16.4. The van der Waals surface area contributed by atoms with Gasteiger partial charge in [0.05, 0.1) is 17.0 Å². The van der Waals surface area contributed by atoms with E-state index >= 15 is 0 Å². The van der Waals surface area contributed by atoms with Gasteiger partial charge in [-0.15, -0.1) is 0 Å². The van der Waals surface area contributed by atoms with Crippen LogP contribution < -0.4 is 0 Å². The van der Waals surface area contributed by atoms with Crippen molar-refractivity contribution in [2.75, 3.05) is 0 Å². The molecule has 0 unspecified atom stereocenters. The highest BCUT2D eigenvalue weighted by molar-refractivity contribution is 7.93. The summed E-state index contributed by atoms with van der Waals surface area (Å²) < 4.78 is 52.7. The molecule has 0 spiro atoms. The largest absolute Gasteiger partial charge is 0.393 e. The van der Waals surface area contributed by atoms with Crippen LogP contribution in [0, 0.1) is 17.3 Å². The third-order valence-electron chi connectivity index (χ3n) is 8.47. The van der Waals surface area contributed by atoms with E-state index in [1.165, 1.54) is 26.3 Å². The predicted molar refractivity (Wildman–Crippen MR) is 137 cm³/mol. The molecule has 0 aromatic heterocycles. The van der Waals surface area contributed by atoms with E-state index in [9.17, 15) is 27.4 Å². The molecular formula is C28H42F2O4S. The summed E-state index contributed by atoms with van der Waals surface area (Å²) in [5.74, 6) is 0.142. The second-order valence-electron chi connectivity index (χ2n) is 12.0. The van der Waals surface area contributed by atoms with Crippen molar-refractivity contribution < 1.29 is 27.4 Å². The molecule has 0 aromatic carbocycles. The van der Waals surface area contributed by atoms with Gasteiger partial charge in [0.15, 0.2) is 0 Å². The van der Waals surface area contributed by atoms with Gasteiger partial charge >= 0.3 is 5.25 Å². The Morgan fingerprint density at radius 3 is 2.54 bits per heavy atom. The number of rotatable bonds is 6. The van der Waals surface area contributed by atoms with Crippen LogP contribution in [0.2, 0.25) is 0 Å². The molecule has 5 atom stereocenters. The summed E-state index contributed by atoms with van der Waals surface area (Å²) in [6.07, 6.45) is 8.99. The van der Waals surface area contributed by atoms with Crippen LogP contribution in [0.4, 0.5) is 8.78 Å². The van der Waals surface area contributed by atoms with Crippen LogP contribution in [0.25, 0.3) is 0 Å². The maximum atomic E-state index is 14.7. The average molecular weight is 513 g/mol. The molecule has 2 saturated carbocycles. The van der Waals surface area contributed by atoms with Gasteiger partial charge in [0.1, 0.15) is 0 Å². The lowest BCUT2D eigenvalue weighted by Gasteiger charge is -2.42. The lowest BCUT2D eigenvalue weighted by Crippen LogP contribution is -2.42. The van der Waals surface area contributed by atoms with Crippen LogP contribution >= 0.6 is 0 Å². The number of fused-ring (bicyclic) bond motifs is 1. The third kappa shape index (κ3) is 5.37. The predicted octanol–water partition coefficient (Wildman–Crippen LogP) is 6.27. The highest BCUT2D eigenvalue weighted by Gasteiger charge is 2.52. The number of hydrogen-bond acceptors (Lipinski definition) is 4. The zero-order valence-corrected chi connectivity index (χ0v) is 22.6. The minimum absolute atomic E-state index is 0.120. The van der Waals surface area contributed by atoms with Crippen molar-refractivity contribution in [3.63, 3.8) is 0 Å². The quantitative estimate of drug-likeness (QED) is 0.411. The van der Waals surface area contributed by atoms with E-state index in [0.29, 0.717) is 18.4 Å². The minimum atomic E-state index is -4.58. The van der Waals surface area contributed by atoms with Crippen molar-refractivity contribution >= 4 is 9.84 Å². The standard InChI is InChI=1S/C28H42F2O4S/c1-18(13-15-28(29,30)35(33,34)26(3,4)5)23-11-12-24-20(8-7-14-27(23,24)6)9-10-21-16-22(31)17-25(32)19(21)2/h9-11,18,22,24-25,31-32H,2,7-8,12-17H2,1,3-6H3/b20-9-,21-10+/t18-,22-,24+,25+,27-/m1/s1. The van der Waals surface area contributed by atoms with E-state index in [2.05, 4.69) is 25.7 Å². The zero-order chi connectivity index (χ0) is 26.4. The molecule has 3 aliphatic rings. The SMILES string of the molecule is C=C1/C(=C/C=C2/CCC[C@]3(C)C([C@H](C)CCC(F)(F)S(=O)(=O)C(C)(C)C)=CC[C@@H]23)C[C@@H](O)C[C@@H]1O. The van der Waals surface area contributed by atoms with Gasteiger partial charge in [-0.25, -0.2) is 8.42 Å². The zero-order valence-electron chi connectivity index (χ0n) is 21.8. The Hall–Kier alpha value is -1.31. The Kier molecular flexibility index (Phi) is 7.97. The summed E-state index contributed by atoms with van der Waals surface area (Å²) in [5.41, 5.74) is 3.86. The molecule has 0 aromatic rings. The number of aliphatic hydroxyl groups is 2. The van der Waals surface area contributed by atoms with Crippen LogP contribution in [0.15, 0.2) is 47.1 Å². The Morgan fingerprint density at radius 2 is 1.91 bits per heavy atom. The number of halogens is 2. The molecule has 198 valence electrons. The Bertz CT molecular complexity index is 1030. The molecular weight excluding hydrogens is 470 g/mol. The van der Waals surface area contributed by atoms with E-state index in [4.69, 9.17) is 0 Å². The normalized spacial score (nSPS) is 33.7. The Morgan fingerprint density at radius 1 is 1.26 bits per heavy atom. The molecule has 0 heterocycles. The van der Waals surface area contributed by atoms with E-state index in [1.807, 2.05) is 13.0 Å². The average Bonchev–Trinajstić information content (AvgIpc) is 3.10. The smallest absolute Gasteiger partial charge is 0.346 e. The first kappa shape index (κ1) is 28.3. The van der Waals surface area contributed by atoms with Crippen LogP contribution in [0.5, 0.6) is 0 Å². The Balaban J connectivity index is 1.75. The van der Waals surface area contributed by atoms with Crippen molar-refractivity contribution in [1.29, 1.82) is 0 Å². The molecule has 35 heavy (non-hydrogen) atoms. The van der Waals surface area contributed by atoms with Gasteiger partial charge in [-0.3, -0.25) is 0 Å². The summed E-state index contributed by atoms with van der Waals surface area (Å²) >= 11 is 0. The van der Waals surface area contributed by atoms with Gasteiger partial charge < -0.3 is 10.2 Å². The summed E-state index contributed by atoms with van der Waals surface area (Å²) in [6, 6.07) is 0. The van der Waals surface area contributed by atoms with Gasteiger partial charge in [0, 0.05) is 12.8 Å². The lowest BCUT2D eigenvalue weighted by molar-refractivity contribution is 0.0723. The second-order valence-corrected chi connectivity index (χ2v) is 14.8. The number of hydrogen-bond donors (Lipinski definition) is 2. The van der Waals surface area contributed by atoms with E-state index in [-0.39, 0.29) is 23.7 Å². The molecule has 7 heteroatoms. The number of aliphatic hydroxyl groups excluding tert-OH is 2.